The summed E-state index contributed by atoms with van der Waals surface area (Å²) in [6, 6.07) is 0.903. The molecule has 0 spiro atoms. The van der Waals surface area contributed by atoms with Crippen LogP contribution in [0, 0.1) is 0 Å². The first-order valence-electron chi connectivity index (χ1n) is 6.75. The number of carbonyl (C=O) groups is 1. The van der Waals surface area contributed by atoms with Gasteiger partial charge in [0.25, 0.3) is 5.91 Å². The Labute approximate surface area is 143 Å². The summed E-state index contributed by atoms with van der Waals surface area (Å²) in [5, 5.41) is 3.35. The van der Waals surface area contributed by atoms with Crippen LogP contribution in [-0.2, 0) is 16.0 Å². The lowest BCUT2D eigenvalue weighted by atomic mass is 10.0. The van der Waals surface area contributed by atoms with Gasteiger partial charge in [-0.1, -0.05) is 0 Å². The molecule has 0 bridgehead atoms. The number of alkyl halides is 3. The molecule has 130 valence electrons. The first kappa shape index (κ1) is 17.4. The number of amides is 1. The highest BCUT2D eigenvalue weighted by atomic mass is 32.2. The minimum absolute atomic E-state index is 0.100. The average molecular weight is 396 g/mol. The van der Waals surface area contributed by atoms with Crippen LogP contribution in [-0.4, -0.2) is 24.6 Å². The van der Waals surface area contributed by atoms with Crippen LogP contribution >= 0.6 is 22.7 Å². The van der Waals surface area contributed by atoms with Crippen LogP contribution in [0.3, 0.4) is 0 Å². The van der Waals surface area contributed by atoms with Crippen LogP contribution in [0.15, 0.2) is 21.2 Å². The first-order valence-corrected chi connectivity index (χ1v) is 10.1. The molecule has 3 heterocycles. The molecule has 24 heavy (non-hydrogen) atoms. The molecule has 1 aliphatic rings. The third kappa shape index (κ3) is 2.84. The SMILES string of the molecule is C[C@H]1C[C@H](NC(=O)c2ncsc2C(F)(F)F)c2ccsc2S1(=O)=O. The topological polar surface area (TPSA) is 76.1 Å². The molecule has 2 aromatic heterocycles. The number of aromatic nitrogens is 1. The number of hydrogen-bond acceptors (Lipinski definition) is 6. The van der Waals surface area contributed by atoms with E-state index in [0.717, 1.165) is 16.8 Å². The van der Waals surface area contributed by atoms with Crippen molar-refractivity contribution in [2.45, 2.75) is 35.0 Å². The molecular formula is C13H11F3N2O3S3. The van der Waals surface area contributed by atoms with E-state index in [-0.39, 0.29) is 10.6 Å². The Balaban J connectivity index is 1.91. The van der Waals surface area contributed by atoms with Gasteiger partial charge >= 0.3 is 6.18 Å². The first-order chi connectivity index (χ1) is 11.1. The van der Waals surface area contributed by atoms with Crippen LogP contribution in [0.25, 0.3) is 0 Å². The van der Waals surface area contributed by atoms with Gasteiger partial charge in [-0.2, -0.15) is 13.2 Å². The second-order valence-electron chi connectivity index (χ2n) is 5.31. The van der Waals surface area contributed by atoms with Crippen molar-refractivity contribution in [3.8, 4) is 0 Å². The number of nitrogens with zero attached hydrogens (tertiary/aromatic N) is 1. The van der Waals surface area contributed by atoms with Crippen molar-refractivity contribution >= 4 is 38.4 Å². The second-order valence-corrected chi connectivity index (χ2v) is 9.64. The Kier molecular flexibility index (Phi) is 4.21. The minimum atomic E-state index is -4.66. The molecular weight excluding hydrogens is 385 g/mol. The number of thiazole rings is 1. The van der Waals surface area contributed by atoms with E-state index in [1.54, 1.807) is 11.4 Å². The monoisotopic (exact) mass is 396 g/mol. The summed E-state index contributed by atoms with van der Waals surface area (Å²) in [5.41, 5.74) is 0.683. The Morgan fingerprint density at radius 3 is 2.75 bits per heavy atom. The van der Waals surface area contributed by atoms with E-state index < -0.39 is 43.8 Å². The molecule has 0 radical (unpaired) electrons. The van der Waals surface area contributed by atoms with E-state index in [9.17, 15) is 26.4 Å². The number of sulfone groups is 1. The largest absolute Gasteiger partial charge is 0.427 e. The molecule has 0 aliphatic carbocycles. The van der Waals surface area contributed by atoms with Crippen LogP contribution < -0.4 is 5.32 Å². The molecule has 5 nitrogen and oxygen atoms in total. The Morgan fingerprint density at radius 2 is 2.08 bits per heavy atom. The van der Waals surface area contributed by atoms with Crippen molar-refractivity contribution < 1.29 is 26.4 Å². The van der Waals surface area contributed by atoms with Gasteiger partial charge < -0.3 is 5.32 Å². The van der Waals surface area contributed by atoms with E-state index in [4.69, 9.17) is 0 Å². The predicted molar refractivity (Wildman–Crippen MR) is 82.9 cm³/mol. The standard InChI is InChI=1S/C13H11F3N2O3S3/c1-6-4-8(7-2-3-22-12(7)24(6,20)21)18-11(19)9-10(13(14,15)16)23-5-17-9/h2-3,5-6,8H,4H2,1H3,(H,18,19)/t6-,8-/m0/s1. The van der Waals surface area contributed by atoms with Gasteiger partial charge in [0.05, 0.1) is 16.8 Å². The van der Waals surface area contributed by atoms with Gasteiger partial charge in [0.15, 0.2) is 15.5 Å². The summed E-state index contributed by atoms with van der Waals surface area (Å²) in [4.78, 5) is 14.7. The third-order valence-electron chi connectivity index (χ3n) is 3.73. The molecule has 0 saturated carbocycles. The van der Waals surface area contributed by atoms with Crippen LogP contribution in [0.5, 0.6) is 0 Å². The lowest BCUT2D eigenvalue weighted by Crippen LogP contribution is -2.37. The zero-order valence-corrected chi connectivity index (χ0v) is 14.6. The van der Waals surface area contributed by atoms with Crippen molar-refractivity contribution in [2.75, 3.05) is 0 Å². The molecule has 1 N–H and O–H groups in total. The van der Waals surface area contributed by atoms with E-state index in [1.165, 1.54) is 6.92 Å². The molecule has 0 aromatic carbocycles. The molecule has 0 fully saturated rings. The van der Waals surface area contributed by atoms with Crippen molar-refractivity contribution in [2.24, 2.45) is 0 Å². The number of fused-ring (bicyclic) bond motifs is 1. The van der Waals surface area contributed by atoms with Crippen LogP contribution in [0.2, 0.25) is 0 Å². The maximum atomic E-state index is 12.9. The molecule has 1 amide bonds. The van der Waals surface area contributed by atoms with Crippen molar-refractivity contribution in [1.82, 2.24) is 10.3 Å². The van der Waals surface area contributed by atoms with Gasteiger partial charge in [0.2, 0.25) is 0 Å². The zero-order chi connectivity index (χ0) is 17.7. The van der Waals surface area contributed by atoms with Crippen molar-refractivity contribution in [3.05, 3.63) is 33.1 Å². The summed E-state index contributed by atoms with van der Waals surface area (Å²) in [6.07, 6.45) is -4.56. The summed E-state index contributed by atoms with van der Waals surface area (Å²) in [5.74, 6) is -0.961. The third-order valence-corrected chi connectivity index (χ3v) is 8.32. The van der Waals surface area contributed by atoms with E-state index in [2.05, 4.69) is 10.3 Å². The number of nitrogens with one attached hydrogen (secondary N) is 1. The van der Waals surface area contributed by atoms with E-state index in [0.29, 0.717) is 16.9 Å². The van der Waals surface area contributed by atoms with Gasteiger partial charge in [-0.3, -0.25) is 4.79 Å². The van der Waals surface area contributed by atoms with Crippen LogP contribution in [0.4, 0.5) is 13.2 Å². The minimum Gasteiger partial charge on any atom is -0.344 e. The molecule has 1 aliphatic heterocycles. The summed E-state index contributed by atoms with van der Waals surface area (Å²) < 4.78 is 63.3. The number of carbonyl (C=O) groups excluding carboxylic acids is 1. The quantitative estimate of drug-likeness (QED) is 0.845. The molecule has 0 unspecified atom stereocenters. The second kappa shape index (κ2) is 5.81. The van der Waals surface area contributed by atoms with E-state index in [1.807, 2.05) is 0 Å². The number of rotatable bonds is 2. The predicted octanol–water partition coefficient (Wildman–Crippen LogP) is 3.26. The number of hydrogen-bond donors (Lipinski definition) is 1. The molecule has 3 rings (SSSR count). The Hall–Kier alpha value is -1.46. The highest BCUT2D eigenvalue weighted by molar-refractivity contribution is 7.94. The molecule has 0 saturated heterocycles. The van der Waals surface area contributed by atoms with Gasteiger partial charge in [-0.05, 0) is 24.8 Å². The smallest absolute Gasteiger partial charge is 0.344 e. The fourth-order valence-electron chi connectivity index (χ4n) is 2.54. The number of thiophene rings is 1. The highest BCUT2D eigenvalue weighted by Crippen LogP contribution is 2.40. The van der Waals surface area contributed by atoms with Crippen LogP contribution in [0.1, 0.15) is 40.3 Å². The maximum absolute atomic E-state index is 12.9. The fraction of sp³-hybridized carbons (Fsp3) is 0.385. The number of halogens is 3. The summed E-state index contributed by atoms with van der Waals surface area (Å²) >= 11 is 1.38. The Bertz CT molecular complexity index is 886. The Morgan fingerprint density at radius 1 is 1.38 bits per heavy atom. The van der Waals surface area contributed by atoms with Gasteiger partial charge in [-0.25, -0.2) is 13.4 Å². The highest BCUT2D eigenvalue weighted by Gasteiger charge is 2.41. The maximum Gasteiger partial charge on any atom is 0.427 e. The van der Waals surface area contributed by atoms with E-state index >= 15 is 0 Å². The normalized spacial score (nSPS) is 22.8. The zero-order valence-electron chi connectivity index (χ0n) is 12.1. The lowest BCUT2D eigenvalue weighted by molar-refractivity contribution is -0.134. The van der Waals surface area contributed by atoms with Crippen molar-refractivity contribution in [1.29, 1.82) is 0 Å². The summed E-state index contributed by atoms with van der Waals surface area (Å²) in [7, 11) is -3.46. The molecule has 2 atom stereocenters. The van der Waals surface area contributed by atoms with Crippen molar-refractivity contribution in [3.63, 3.8) is 0 Å². The molecule has 2 aromatic rings. The van der Waals surface area contributed by atoms with Gasteiger partial charge in [0.1, 0.15) is 9.09 Å². The average Bonchev–Trinajstić information content (AvgIpc) is 3.13. The van der Waals surface area contributed by atoms with Gasteiger partial charge in [-0.15, -0.1) is 22.7 Å². The summed E-state index contributed by atoms with van der Waals surface area (Å²) in [6.45, 7) is 1.52. The fourth-order valence-corrected chi connectivity index (χ4v) is 6.42. The van der Waals surface area contributed by atoms with Gasteiger partial charge in [0, 0.05) is 5.56 Å². The lowest BCUT2D eigenvalue weighted by Gasteiger charge is -2.27. The molecule has 11 heteroatoms.